The Bertz CT molecular complexity index is 1470. The summed E-state index contributed by atoms with van der Waals surface area (Å²) < 4.78 is 62.7. The van der Waals surface area contributed by atoms with E-state index in [-0.39, 0.29) is 36.5 Å². The molecule has 200 valence electrons. The largest absolute Gasteiger partial charge is 0.494 e. The fourth-order valence-corrected chi connectivity index (χ4v) is 4.96. The van der Waals surface area contributed by atoms with Crippen LogP contribution in [0, 0.1) is 11.6 Å². The van der Waals surface area contributed by atoms with Gasteiger partial charge in [-0.05, 0) is 31.0 Å². The molecule has 3 N–H and O–H groups in total. The van der Waals surface area contributed by atoms with Gasteiger partial charge in [-0.3, -0.25) is 14.6 Å². The number of aromatic nitrogens is 4. The van der Waals surface area contributed by atoms with Gasteiger partial charge in [-0.2, -0.15) is 5.10 Å². The van der Waals surface area contributed by atoms with Gasteiger partial charge >= 0.3 is 0 Å². The number of pyridine rings is 2. The fraction of sp³-hybridized carbons (Fsp3) is 0.346. The van der Waals surface area contributed by atoms with Gasteiger partial charge in [0.15, 0.2) is 11.6 Å². The zero-order valence-electron chi connectivity index (χ0n) is 20.5. The third kappa shape index (κ3) is 4.76. The maximum atomic E-state index is 14.9. The molecule has 5 rings (SSSR count). The first-order valence-corrected chi connectivity index (χ1v) is 12.0. The number of rotatable bonds is 7. The molecule has 0 saturated carbocycles. The Hall–Kier alpha value is -3.77. The molecule has 1 aromatic carbocycles. The molecule has 2 atom stereocenters. The third-order valence-electron chi connectivity index (χ3n) is 6.97. The highest BCUT2D eigenvalue weighted by Gasteiger charge is 2.43. The summed E-state index contributed by atoms with van der Waals surface area (Å²) in [6.07, 6.45) is 2.16. The number of anilines is 1. The average molecular weight is 531 g/mol. The lowest BCUT2D eigenvalue weighted by Gasteiger charge is -2.44. The smallest absolute Gasteiger partial charge is 0.265 e. The van der Waals surface area contributed by atoms with Crippen LogP contribution in [0.25, 0.3) is 22.2 Å². The van der Waals surface area contributed by atoms with Crippen molar-refractivity contribution in [3.63, 3.8) is 0 Å². The number of fused-ring (bicyclic) bond motifs is 1. The molecule has 38 heavy (non-hydrogen) atoms. The summed E-state index contributed by atoms with van der Waals surface area (Å²) in [6.45, 7) is 0.657. The Labute approximate surface area is 215 Å². The molecule has 1 aliphatic rings. The van der Waals surface area contributed by atoms with E-state index < -0.39 is 29.7 Å². The zero-order chi connectivity index (χ0) is 27.0. The van der Waals surface area contributed by atoms with Gasteiger partial charge in [-0.25, -0.2) is 17.6 Å². The van der Waals surface area contributed by atoms with Crippen LogP contribution in [0.1, 0.15) is 18.4 Å². The molecule has 0 spiro atoms. The number of ether oxygens (including phenoxy) is 1. The number of hydrogen-bond acceptors (Lipinski definition) is 7. The van der Waals surface area contributed by atoms with Crippen molar-refractivity contribution in [2.24, 2.45) is 5.73 Å². The maximum Gasteiger partial charge on any atom is 0.265 e. The van der Waals surface area contributed by atoms with Crippen molar-refractivity contribution in [2.75, 3.05) is 25.1 Å². The number of piperidine rings is 1. The summed E-state index contributed by atoms with van der Waals surface area (Å²) in [5.41, 5.74) is 6.83. The molecule has 3 aromatic heterocycles. The molecule has 12 heteroatoms. The predicted molar refractivity (Wildman–Crippen MR) is 133 cm³/mol. The van der Waals surface area contributed by atoms with Gasteiger partial charge in [0.05, 0.1) is 48.5 Å². The standard InChI is InChI=1S/C26H26F4N6O2/c1-38-23-9-18(27)17(8-19(23)28)20-7-15(13-36-21-3-5-32-10-16(21)11-34-36)22(12-33-20)35-6-2-4-26(31,14-35)24(37)25(29)30/h3,5,7-12,24-25,37H,2,4,6,13-14,31H2,1H3/t24-,26-/m1/s1. The number of nitrogens with zero attached hydrogens (tertiary/aromatic N) is 5. The molecule has 0 amide bonds. The first-order chi connectivity index (χ1) is 18.2. The Morgan fingerprint density at radius 1 is 1.16 bits per heavy atom. The van der Waals surface area contributed by atoms with Crippen LogP contribution in [0.2, 0.25) is 0 Å². The molecule has 0 radical (unpaired) electrons. The van der Waals surface area contributed by atoms with Gasteiger partial charge in [0, 0.05) is 48.1 Å². The van der Waals surface area contributed by atoms with E-state index in [1.165, 1.54) is 13.3 Å². The van der Waals surface area contributed by atoms with Crippen molar-refractivity contribution in [3.8, 4) is 17.0 Å². The van der Waals surface area contributed by atoms with Crippen molar-refractivity contribution in [1.82, 2.24) is 19.7 Å². The third-order valence-corrected chi connectivity index (χ3v) is 6.97. The minimum Gasteiger partial charge on any atom is -0.494 e. The zero-order valence-corrected chi connectivity index (χ0v) is 20.5. The molecule has 1 aliphatic heterocycles. The molecule has 8 nitrogen and oxygen atoms in total. The fourth-order valence-electron chi connectivity index (χ4n) is 4.96. The van der Waals surface area contributed by atoms with E-state index in [1.54, 1.807) is 40.3 Å². The predicted octanol–water partition coefficient (Wildman–Crippen LogP) is 3.75. The van der Waals surface area contributed by atoms with Crippen LogP contribution in [0.4, 0.5) is 23.2 Å². The van der Waals surface area contributed by atoms with E-state index in [9.17, 15) is 22.7 Å². The lowest BCUT2D eigenvalue weighted by molar-refractivity contribution is -0.0529. The number of nitrogens with two attached hydrogens (primary N) is 1. The van der Waals surface area contributed by atoms with Crippen molar-refractivity contribution in [1.29, 1.82) is 0 Å². The SMILES string of the molecule is COc1cc(F)c(-c2cc(Cn3ncc4cnccc43)c(N3CCC[C@](N)([C@H](O)C(F)F)C3)cn2)cc1F. The van der Waals surface area contributed by atoms with Gasteiger partial charge < -0.3 is 20.5 Å². The first kappa shape index (κ1) is 25.9. The Morgan fingerprint density at radius 2 is 1.97 bits per heavy atom. The van der Waals surface area contributed by atoms with Crippen LogP contribution in [0.3, 0.4) is 0 Å². The van der Waals surface area contributed by atoms with Gasteiger partial charge in [0.1, 0.15) is 11.9 Å². The highest BCUT2D eigenvalue weighted by Crippen LogP contribution is 2.34. The summed E-state index contributed by atoms with van der Waals surface area (Å²) in [5.74, 6) is -1.69. The highest BCUT2D eigenvalue weighted by atomic mass is 19.3. The van der Waals surface area contributed by atoms with Gasteiger partial charge in [-0.15, -0.1) is 0 Å². The monoisotopic (exact) mass is 530 g/mol. The topological polar surface area (TPSA) is 102 Å². The van der Waals surface area contributed by atoms with Gasteiger partial charge in [0.2, 0.25) is 0 Å². The van der Waals surface area contributed by atoms with Crippen LogP contribution in [-0.2, 0) is 6.54 Å². The van der Waals surface area contributed by atoms with Crippen LogP contribution in [0.15, 0.2) is 49.1 Å². The molecule has 4 heterocycles. The van der Waals surface area contributed by atoms with E-state index in [1.807, 2.05) is 0 Å². The number of halogens is 4. The summed E-state index contributed by atoms with van der Waals surface area (Å²) in [4.78, 5) is 10.3. The minimum absolute atomic E-state index is 0.0398. The number of alkyl halides is 2. The maximum absolute atomic E-state index is 14.9. The molecule has 1 saturated heterocycles. The Morgan fingerprint density at radius 3 is 2.74 bits per heavy atom. The second-order valence-corrected chi connectivity index (χ2v) is 9.44. The number of methoxy groups -OCH3 is 1. The van der Waals surface area contributed by atoms with Crippen LogP contribution in [-0.4, -0.2) is 63.1 Å². The summed E-state index contributed by atoms with van der Waals surface area (Å²) in [5, 5.41) is 15.4. The number of hydrogen-bond donors (Lipinski definition) is 2. The molecule has 0 aliphatic carbocycles. The van der Waals surface area contributed by atoms with Crippen LogP contribution >= 0.6 is 0 Å². The van der Waals surface area contributed by atoms with Crippen molar-refractivity contribution in [2.45, 2.75) is 37.5 Å². The lowest BCUT2D eigenvalue weighted by atomic mass is 9.84. The van der Waals surface area contributed by atoms with E-state index in [4.69, 9.17) is 10.5 Å². The number of benzene rings is 1. The van der Waals surface area contributed by atoms with Crippen LogP contribution in [0.5, 0.6) is 5.75 Å². The molecule has 0 unspecified atom stereocenters. The molecular weight excluding hydrogens is 504 g/mol. The Kier molecular flexibility index (Phi) is 6.93. The van der Waals surface area contributed by atoms with E-state index in [0.717, 1.165) is 23.0 Å². The summed E-state index contributed by atoms with van der Waals surface area (Å²) >= 11 is 0. The normalized spacial score (nSPS) is 18.8. The van der Waals surface area contributed by atoms with Crippen molar-refractivity contribution >= 4 is 16.6 Å². The molecular formula is C26H26F4N6O2. The van der Waals surface area contributed by atoms with E-state index in [2.05, 4.69) is 15.1 Å². The Balaban J connectivity index is 1.59. The second-order valence-electron chi connectivity index (χ2n) is 9.44. The summed E-state index contributed by atoms with van der Waals surface area (Å²) in [7, 11) is 1.24. The first-order valence-electron chi connectivity index (χ1n) is 12.0. The van der Waals surface area contributed by atoms with E-state index in [0.29, 0.717) is 24.2 Å². The number of aliphatic hydroxyl groups is 1. The molecule has 1 fully saturated rings. The molecule has 4 aromatic rings. The van der Waals surface area contributed by atoms with Gasteiger partial charge in [-0.1, -0.05) is 0 Å². The lowest BCUT2D eigenvalue weighted by Crippen LogP contribution is -2.63. The van der Waals surface area contributed by atoms with Crippen molar-refractivity contribution < 1.29 is 27.4 Å². The van der Waals surface area contributed by atoms with Crippen LogP contribution < -0.4 is 15.4 Å². The van der Waals surface area contributed by atoms with Gasteiger partial charge in [0.25, 0.3) is 6.43 Å². The minimum atomic E-state index is -2.99. The second kappa shape index (κ2) is 10.2. The number of aliphatic hydroxyl groups excluding tert-OH is 1. The quantitative estimate of drug-likeness (QED) is 0.351. The summed E-state index contributed by atoms with van der Waals surface area (Å²) in [6, 6.07) is 5.38. The highest BCUT2D eigenvalue weighted by molar-refractivity contribution is 5.77. The van der Waals surface area contributed by atoms with E-state index >= 15 is 0 Å². The molecule has 0 bridgehead atoms. The van der Waals surface area contributed by atoms with Crippen molar-refractivity contribution in [3.05, 3.63) is 66.3 Å². The average Bonchev–Trinajstić information content (AvgIpc) is 3.32.